The van der Waals surface area contributed by atoms with Crippen molar-refractivity contribution in [2.45, 2.75) is 18.5 Å². The second-order valence-corrected chi connectivity index (χ2v) is 4.22. The summed E-state index contributed by atoms with van der Waals surface area (Å²) in [6.07, 6.45) is 1.54. The Bertz CT molecular complexity index is 550. The highest BCUT2D eigenvalue weighted by molar-refractivity contribution is 5.81. The molecule has 0 aliphatic heterocycles. The molecule has 0 aliphatic rings. The van der Waals surface area contributed by atoms with Crippen molar-refractivity contribution in [1.82, 2.24) is 5.32 Å². The maximum atomic E-state index is 10.7. The number of carbonyl (C=O) groups is 1. The third kappa shape index (κ3) is 2.37. The van der Waals surface area contributed by atoms with Crippen LogP contribution in [0.15, 0.2) is 34.9 Å². The Morgan fingerprint density at radius 2 is 2.22 bits per heavy atom. The molecule has 0 bridgehead atoms. The van der Waals surface area contributed by atoms with Crippen LogP contribution in [-0.4, -0.2) is 24.2 Å². The molecule has 5 heteroatoms. The number of fused-ring (bicyclic) bond motifs is 1. The molecule has 2 rings (SSSR count). The van der Waals surface area contributed by atoms with Gasteiger partial charge in [-0.05, 0) is 13.1 Å². The maximum absolute atomic E-state index is 10.7. The molecular weight excluding hydrogens is 232 g/mol. The quantitative estimate of drug-likeness (QED) is 0.746. The summed E-state index contributed by atoms with van der Waals surface area (Å²) in [5.41, 5.74) is 7.59. The average Bonchev–Trinajstić information content (AvgIpc) is 2.73. The highest BCUT2D eigenvalue weighted by Gasteiger charge is 2.23. The van der Waals surface area contributed by atoms with Crippen LogP contribution in [0.25, 0.3) is 11.0 Å². The van der Waals surface area contributed by atoms with Crippen molar-refractivity contribution in [3.63, 3.8) is 0 Å². The first-order chi connectivity index (χ1) is 8.63. The fourth-order valence-corrected chi connectivity index (χ4v) is 2.16. The van der Waals surface area contributed by atoms with Gasteiger partial charge >= 0.3 is 5.97 Å². The molecule has 1 aromatic heterocycles. The molecule has 0 aliphatic carbocycles. The molecule has 96 valence electrons. The van der Waals surface area contributed by atoms with Gasteiger partial charge in [0.05, 0.1) is 18.7 Å². The molecule has 18 heavy (non-hydrogen) atoms. The van der Waals surface area contributed by atoms with E-state index in [0.29, 0.717) is 0 Å². The number of nitrogens with two attached hydrogens (primary N) is 1. The Morgan fingerprint density at radius 3 is 2.89 bits per heavy atom. The van der Waals surface area contributed by atoms with Crippen LogP contribution in [0.4, 0.5) is 0 Å². The third-order valence-corrected chi connectivity index (χ3v) is 3.00. The summed E-state index contributed by atoms with van der Waals surface area (Å²) >= 11 is 0. The van der Waals surface area contributed by atoms with Gasteiger partial charge in [0.1, 0.15) is 5.58 Å². The van der Waals surface area contributed by atoms with Crippen LogP contribution in [0.3, 0.4) is 0 Å². The van der Waals surface area contributed by atoms with E-state index in [2.05, 4.69) is 5.32 Å². The van der Waals surface area contributed by atoms with E-state index < -0.39 is 12.0 Å². The molecule has 1 aromatic carbocycles. The van der Waals surface area contributed by atoms with Gasteiger partial charge in [-0.3, -0.25) is 4.79 Å². The van der Waals surface area contributed by atoms with Crippen molar-refractivity contribution in [1.29, 1.82) is 0 Å². The summed E-state index contributed by atoms with van der Waals surface area (Å²) in [5, 5.41) is 12.8. The zero-order valence-corrected chi connectivity index (χ0v) is 10.1. The van der Waals surface area contributed by atoms with Crippen LogP contribution < -0.4 is 11.1 Å². The fraction of sp³-hybridized carbons (Fsp3) is 0.308. The van der Waals surface area contributed by atoms with Crippen LogP contribution in [-0.2, 0) is 4.79 Å². The smallest absolute Gasteiger partial charge is 0.304 e. The van der Waals surface area contributed by atoms with Crippen molar-refractivity contribution in [2.24, 2.45) is 5.73 Å². The predicted octanol–water partition coefficient (Wildman–Crippen LogP) is 1.50. The molecule has 1 heterocycles. The summed E-state index contributed by atoms with van der Waals surface area (Å²) in [4.78, 5) is 10.7. The van der Waals surface area contributed by atoms with E-state index in [-0.39, 0.29) is 12.5 Å². The van der Waals surface area contributed by atoms with Crippen molar-refractivity contribution in [2.75, 3.05) is 7.05 Å². The molecule has 0 spiro atoms. The van der Waals surface area contributed by atoms with E-state index in [1.807, 2.05) is 24.3 Å². The molecule has 4 N–H and O–H groups in total. The number of carboxylic acid groups (broad SMARTS) is 1. The van der Waals surface area contributed by atoms with Crippen LogP contribution >= 0.6 is 0 Å². The fourth-order valence-electron chi connectivity index (χ4n) is 2.16. The van der Waals surface area contributed by atoms with Gasteiger partial charge in [-0.15, -0.1) is 0 Å². The lowest BCUT2D eigenvalue weighted by molar-refractivity contribution is -0.137. The van der Waals surface area contributed by atoms with Gasteiger partial charge in [0.25, 0.3) is 0 Å². The van der Waals surface area contributed by atoms with Crippen LogP contribution in [0, 0.1) is 0 Å². The SMILES string of the molecule is CNC(c1coc2ccccc12)C(N)CC(=O)O. The van der Waals surface area contributed by atoms with E-state index in [9.17, 15) is 4.79 Å². The van der Waals surface area contributed by atoms with Gasteiger partial charge in [0.2, 0.25) is 0 Å². The maximum Gasteiger partial charge on any atom is 0.304 e. The Morgan fingerprint density at radius 1 is 1.50 bits per heavy atom. The summed E-state index contributed by atoms with van der Waals surface area (Å²) < 4.78 is 5.44. The van der Waals surface area contributed by atoms with E-state index >= 15 is 0 Å². The standard InChI is InChI=1S/C13H16N2O3/c1-15-13(10(14)6-12(16)17)9-7-18-11-5-3-2-4-8(9)11/h2-5,7,10,13,15H,6,14H2,1H3,(H,16,17). The predicted molar refractivity (Wildman–Crippen MR) is 68.2 cm³/mol. The van der Waals surface area contributed by atoms with Gasteiger partial charge in [-0.2, -0.15) is 0 Å². The topological polar surface area (TPSA) is 88.5 Å². The average molecular weight is 248 g/mol. The minimum atomic E-state index is -0.907. The van der Waals surface area contributed by atoms with Crippen molar-refractivity contribution in [3.8, 4) is 0 Å². The van der Waals surface area contributed by atoms with E-state index in [1.165, 1.54) is 0 Å². The highest BCUT2D eigenvalue weighted by Crippen LogP contribution is 2.28. The minimum absolute atomic E-state index is 0.0922. The first kappa shape index (κ1) is 12.6. The molecule has 0 saturated carbocycles. The normalized spacial score (nSPS) is 14.6. The molecule has 2 atom stereocenters. The van der Waals surface area contributed by atoms with Crippen LogP contribution in [0.1, 0.15) is 18.0 Å². The number of likely N-dealkylation sites (N-methyl/N-ethyl adjacent to an activating group) is 1. The second-order valence-electron chi connectivity index (χ2n) is 4.22. The monoisotopic (exact) mass is 248 g/mol. The number of hydrogen-bond donors (Lipinski definition) is 3. The number of carboxylic acids is 1. The zero-order valence-electron chi connectivity index (χ0n) is 10.1. The number of nitrogens with one attached hydrogen (secondary N) is 1. The van der Waals surface area contributed by atoms with Gasteiger partial charge in [0, 0.05) is 17.0 Å². The highest BCUT2D eigenvalue weighted by atomic mass is 16.4. The number of hydrogen-bond acceptors (Lipinski definition) is 4. The van der Waals surface area contributed by atoms with E-state index in [1.54, 1.807) is 13.3 Å². The summed E-state index contributed by atoms with van der Waals surface area (Å²) in [5.74, 6) is -0.907. The molecule has 0 amide bonds. The zero-order chi connectivity index (χ0) is 13.1. The molecule has 0 saturated heterocycles. The number of aliphatic carboxylic acids is 1. The molecule has 0 fully saturated rings. The van der Waals surface area contributed by atoms with Crippen molar-refractivity contribution < 1.29 is 14.3 Å². The minimum Gasteiger partial charge on any atom is -0.481 e. The van der Waals surface area contributed by atoms with Gasteiger partial charge < -0.3 is 20.6 Å². The number of para-hydroxylation sites is 1. The van der Waals surface area contributed by atoms with E-state index in [4.69, 9.17) is 15.3 Å². The molecule has 2 unspecified atom stereocenters. The Hall–Kier alpha value is -1.85. The van der Waals surface area contributed by atoms with Crippen molar-refractivity contribution in [3.05, 3.63) is 36.1 Å². The second kappa shape index (κ2) is 5.20. The van der Waals surface area contributed by atoms with Gasteiger partial charge in [-0.1, -0.05) is 18.2 Å². The largest absolute Gasteiger partial charge is 0.481 e. The van der Waals surface area contributed by atoms with Crippen LogP contribution in [0.5, 0.6) is 0 Å². The lowest BCUT2D eigenvalue weighted by Gasteiger charge is -2.21. The summed E-state index contributed by atoms with van der Waals surface area (Å²) in [7, 11) is 1.76. The van der Waals surface area contributed by atoms with E-state index in [0.717, 1.165) is 16.5 Å². The molecule has 0 radical (unpaired) electrons. The molecule has 2 aromatic rings. The summed E-state index contributed by atoms with van der Waals surface area (Å²) in [6.45, 7) is 0. The summed E-state index contributed by atoms with van der Waals surface area (Å²) in [6, 6.07) is 6.86. The number of benzene rings is 1. The number of furan rings is 1. The van der Waals surface area contributed by atoms with Crippen LogP contribution in [0.2, 0.25) is 0 Å². The molecular formula is C13H16N2O3. The Labute approximate surface area is 105 Å². The lowest BCUT2D eigenvalue weighted by Crippen LogP contribution is -2.37. The van der Waals surface area contributed by atoms with Gasteiger partial charge in [0.15, 0.2) is 0 Å². The lowest BCUT2D eigenvalue weighted by atomic mass is 9.97. The number of rotatable bonds is 5. The first-order valence-corrected chi connectivity index (χ1v) is 5.74. The van der Waals surface area contributed by atoms with Crippen molar-refractivity contribution >= 4 is 16.9 Å². The van der Waals surface area contributed by atoms with Gasteiger partial charge in [-0.25, -0.2) is 0 Å². The third-order valence-electron chi connectivity index (χ3n) is 3.00. The Balaban J connectivity index is 2.35. The molecule has 5 nitrogen and oxygen atoms in total. The Kier molecular flexibility index (Phi) is 3.64. The first-order valence-electron chi connectivity index (χ1n) is 5.74.